The highest BCUT2D eigenvalue weighted by molar-refractivity contribution is 5.91. The molecule has 3 rings (SSSR count). The Morgan fingerprint density at radius 1 is 0.812 bits per heavy atom. The van der Waals surface area contributed by atoms with Crippen LogP contribution in [-0.4, -0.2) is 6.21 Å². The average molecular weight is 205 g/mol. The van der Waals surface area contributed by atoms with Gasteiger partial charge >= 0.3 is 0 Å². The van der Waals surface area contributed by atoms with Crippen molar-refractivity contribution in [1.82, 2.24) is 0 Å². The smallest absolute Gasteiger partial charge is 0.0708 e. The lowest BCUT2D eigenvalue weighted by Gasteiger charge is -2.05. The predicted octanol–water partition coefficient (Wildman–Crippen LogP) is 4.13. The Bertz CT molecular complexity index is 564. The van der Waals surface area contributed by atoms with Gasteiger partial charge in [-0.2, -0.15) is 0 Å². The molecule has 1 aliphatic rings. The number of allylic oxidation sites excluding steroid dienone is 3. The van der Waals surface area contributed by atoms with E-state index in [9.17, 15) is 0 Å². The van der Waals surface area contributed by atoms with Gasteiger partial charge in [0.25, 0.3) is 0 Å². The van der Waals surface area contributed by atoms with Gasteiger partial charge in [-0.05, 0) is 29.0 Å². The maximum Gasteiger partial charge on any atom is 0.0708 e. The van der Waals surface area contributed by atoms with Gasteiger partial charge in [-0.3, -0.25) is 4.99 Å². The van der Waals surface area contributed by atoms with Crippen LogP contribution in [0, 0.1) is 0 Å². The summed E-state index contributed by atoms with van der Waals surface area (Å²) in [5.41, 5.74) is 2.19. The summed E-state index contributed by atoms with van der Waals surface area (Å²) >= 11 is 0. The summed E-state index contributed by atoms with van der Waals surface area (Å²) in [7, 11) is 0. The minimum atomic E-state index is 1.03. The first-order valence-electron chi connectivity index (χ1n) is 5.34. The molecule has 0 N–H and O–H groups in total. The fourth-order valence-electron chi connectivity index (χ4n) is 1.89. The van der Waals surface area contributed by atoms with Crippen molar-refractivity contribution in [3.05, 3.63) is 60.2 Å². The second kappa shape index (κ2) is 3.78. The Hall–Kier alpha value is -2.15. The quantitative estimate of drug-likeness (QED) is 0.613. The molecule has 2 aromatic carbocycles. The molecule has 1 nitrogen and oxygen atoms in total. The fraction of sp³-hybridized carbons (Fsp3) is 0. The van der Waals surface area contributed by atoms with Crippen LogP contribution in [0.15, 0.2) is 59.6 Å². The van der Waals surface area contributed by atoms with Crippen LogP contribution >= 0.6 is 0 Å². The molecule has 0 saturated carbocycles. The third kappa shape index (κ3) is 1.57. The van der Waals surface area contributed by atoms with Gasteiger partial charge in [0.1, 0.15) is 0 Å². The Kier molecular flexibility index (Phi) is 2.15. The third-order valence-corrected chi connectivity index (χ3v) is 2.69. The van der Waals surface area contributed by atoms with Crippen molar-refractivity contribution >= 4 is 28.8 Å². The van der Waals surface area contributed by atoms with E-state index in [1.165, 1.54) is 16.3 Å². The second-order valence-corrected chi connectivity index (χ2v) is 3.78. The first-order chi connectivity index (χ1) is 7.93. The SMILES string of the molecule is C1=C\C=C\c2cc3ccccc3cc2\N=C/1. The van der Waals surface area contributed by atoms with Gasteiger partial charge in [0.15, 0.2) is 0 Å². The van der Waals surface area contributed by atoms with Crippen molar-refractivity contribution in [3.63, 3.8) is 0 Å². The van der Waals surface area contributed by atoms with Gasteiger partial charge in [0, 0.05) is 11.8 Å². The number of hydrogen-bond acceptors (Lipinski definition) is 1. The molecule has 0 aromatic heterocycles. The molecule has 0 saturated heterocycles. The molecule has 16 heavy (non-hydrogen) atoms. The number of nitrogens with zero attached hydrogens (tertiary/aromatic N) is 1. The maximum atomic E-state index is 4.43. The number of hydrogen-bond donors (Lipinski definition) is 0. The molecule has 76 valence electrons. The fourth-order valence-corrected chi connectivity index (χ4v) is 1.89. The lowest BCUT2D eigenvalue weighted by atomic mass is 10.0. The standard InChI is InChI=1S/C15H11N/c1-2-8-14-10-12-6-3-4-7-13(12)11-15(14)16-9-5-1/h1-11H/b2-1?,5-1-,8-2+,9-5?,14-8?,16-9-,16-15?. The van der Waals surface area contributed by atoms with E-state index in [2.05, 4.69) is 47.5 Å². The molecule has 1 aliphatic heterocycles. The third-order valence-electron chi connectivity index (χ3n) is 2.69. The molecule has 0 bridgehead atoms. The topological polar surface area (TPSA) is 12.4 Å². The Morgan fingerprint density at radius 3 is 2.50 bits per heavy atom. The van der Waals surface area contributed by atoms with Gasteiger partial charge in [0.2, 0.25) is 0 Å². The highest BCUT2D eigenvalue weighted by atomic mass is 14.7. The minimum Gasteiger partial charge on any atom is -0.256 e. The summed E-state index contributed by atoms with van der Waals surface area (Å²) in [4.78, 5) is 4.43. The van der Waals surface area contributed by atoms with Crippen LogP contribution in [0.1, 0.15) is 5.56 Å². The summed E-state index contributed by atoms with van der Waals surface area (Å²) in [5, 5.41) is 2.49. The van der Waals surface area contributed by atoms with E-state index < -0.39 is 0 Å². The maximum absolute atomic E-state index is 4.43. The molecule has 0 atom stereocenters. The zero-order chi connectivity index (χ0) is 10.8. The average Bonchev–Trinajstić information content (AvgIpc) is 2.29. The number of fused-ring (bicyclic) bond motifs is 2. The Labute approximate surface area is 94.4 Å². The summed E-state index contributed by atoms with van der Waals surface area (Å²) in [6.45, 7) is 0. The normalized spacial score (nSPS) is 19.5. The molecule has 2 aromatic rings. The number of aliphatic imine (C=N–C) groups is 1. The van der Waals surface area contributed by atoms with E-state index >= 15 is 0 Å². The van der Waals surface area contributed by atoms with E-state index in [4.69, 9.17) is 0 Å². The van der Waals surface area contributed by atoms with Gasteiger partial charge in [-0.15, -0.1) is 0 Å². The monoisotopic (exact) mass is 205 g/mol. The van der Waals surface area contributed by atoms with Gasteiger partial charge in [-0.1, -0.05) is 42.5 Å². The largest absolute Gasteiger partial charge is 0.256 e. The molecule has 0 spiro atoms. The minimum absolute atomic E-state index is 1.03. The van der Waals surface area contributed by atoms with Crippen molar-refractivity contribution in [1.29, 1.82) is 0 Å². The van der Waals surface area contributed by atoms with Crippen LogP contribution < -0.4 is 0 Å². The second-order valence-electron chi connectivity index (χ2n) is 3.78. The lowest BCUT2D eigenvalue weighted by Crippen LogP contribution is -1.80. The molecule has 0 fully saturated rings. The zero-order valence-corrected chi connectivity index (χ0v) is 8.80. The number of rotatable bonds is 0. The zero-order valence-electron chi connectivity index (χ0n) is 8.80. The first-order valence-corrected chi connectivity index (χ1v) is 5.34. The molecule has 0 unspecified atom stereocenters. The van der Waals surface area contributed by atoms with E-state index in [1.54, 1.807) is 0 Å². The van der Waals surface area contributed by atoms with E-state index in [1.807, 2.05) is 24.4 Å². The molecular formula is C15H11N. The van der Waals surface area contributed by atoms with Crippen molar-refractivity contribution in [2.45, 2.75) is 0 Å². The van der Waals surface area contributed by atoms with Crippen molar-refractivity contribution in [3.8, 4) is 0 Å². The Morgan fingerprint density at radius 2 is 1.62 bits per heavy atom. The van der Waals surface area contributed by atoms with Crippen LogP contribution in [0.3, 0.4) is 0 Å². The highest BCUT2D eigenvalue weighted by Gasteiger charge is 2.01. The van der Waals surface area contributed by atoms with Crippen LogP contribution in [-0.2, 0) is 0 Å². The first kappa shape index (κ1) is 9.10. The molecule has 0 amide bonds. The summed E-state index contributed by atoms with van der Waals surface area (Å²) < 4.78 is 0. The van der Waals surface area contributed by atoms with E-state index in [0.717, 1.165) is 5.69 Å². The predicted molar refractivity (Wildman–Crippen MR) is 70.3 cm³/mol. The molecular weight excluding hydrogens is 194 g/mol. The lowest BCUT2D eigenvalue weighted by molar-refractivity contribution is 1.53. The van der Waals surface area contributed by atoms with Crippen LogP contribution in [0.5, 0.6) is 0 Å². The van der Waals surface area contributed by atoms with Crippen LogP contribution in [0.4, 0.5) is 5.69 Å². The highest BCUT2D eigenvalue weighted by Crippen LogP contribution is 2.27. The molecule has 0 radical (unpaired) electrons. The van der Waals surface area contributed by atoms with Gasteiger partial charge < -0.3 is 0 Å². The van der Waals surface area contributed by atoms with Crippen molar-refractivity contribution in [2.75, 3.05) is 0 Å². The molecule has 1 heteroatoms. The summed E-state index contributed by atoms with van der Waals surface area (Å²) in [5.74, 6) is 0. The van der Waals surface area contributed by atoms with Crippen molar-refractivity contribution < 1.29 is 0 Å². The number of benzene rings is 2. The molecule has 0 aliphatic carbocycles. The van der Waals surface area contributed by atoms with Gasteiger partial charge in [-0.25, -0.2) is 0 Å². The van der Waals surface area contributed by atoms with Crippen molar-refractivity contribution in [2.24, 2.45) is 4.99 Å². The summed E-state index contributed by atoms with van der Waals surface area (Å²) in [6, 6.07) is 12.7. The van der Waals surface area contributed by atoms with Crippen LogP contribution in [0.2, 0.25) is 0 Å². The Balaban J connectivity index is 2.31. The summed E-state index contributed by atoms with van der Waals surface area (Å²) in [6.07, 6.45) is 9.89. The van der Waals surface area contributed by atoms with Crippen LogP contribution in [0.25, 0.3) is 16.8 Å². The van der Waals surface area contributed by atoms with Gasteiger partial charge in [0.05, 0.1) is 5.69 Å². The molecule has 1 heterocycles. The van der Waals surface area contributed by atoms with E-state index in [0.29, 0.717) is 0 Å². The van der Waals surface area contributed by atoms with E-state index in [-0.39, 0.29) is 0 Å².